The molecule has 17 atom stereocenters. The Morgan fingerprint density at radius 2 is 1.65 bits per heavy atom. The van der Waals surface area contributed by atoms with Crippen LogP contribution in [0, 0.1) is 23.7 Å². The van der Waals surface area contributed by atoms with Crippen molar-refractivity contribution in [3.63, 3.8) is 0 Å². The normalized spacial score (nSPS) is 39.5. The molecule has 0 spiro atoms. The lowest BCUT2D eigenvalue weighted by Crippen LogP contribution is -2.61. The van der Waals surface area contributed by atoms with Gasteiger partial charge in [0, 0.05) is 50.8 Å². The second kappa shape index (κ2) is 23.4. The topological polar surface area (TPSA) is 202 Å². The van der Waals surface area contributed by atoms with Gasteiger partial charge in [-0.05, 0) is 123 Å². The monoisotopic (exact) mass is 986 g/mol. The van der Waals surface area contributed by atoms with Crippen LogP contribution in [-0.4, -0.2) is 175 Å². The number of hydrogen-bond donors (Lipinski definition) is 5. The van der Waals surface area contributed by atoms with E-state index >= 15 is 0 Å². The van der Waals surface area contributed by atoms with Gasteiger partial charge in [0.05, 0.1) is 53.3 Å². The molecule has 3 saturated heterocycles. The number of likely N-dealkylation sites (N-methyl/N-ethyl adjacent to an activating group) is 2. The number of methoxy groups -OCH3 is 1. The molecule has 1 aromatic heterocycles. The molecule has 3 aliphatic heterocycles. The van der Waals surface area contributed by atoms with Gasteiger partial charge >= 0.3 is 12.1 Å². The molecule has 3 fully saturated rings. The summed E-state index contributed by atoms with van der Waals surface area (Å²) in [5.74, 6) is -3.19. The van der Waals surface area contributed by atoms with Gasteiger partial charge in [-0.25, -0.2) is 0 Å². The number of benzene rings is 1. The van der Waals surface area contributed by atoms with Crippen LogP contribution in [-0.2, 0) is 54.0 Å². The number of aliphatic hydroxyl groups excluding tert-OH is 3. The Balaban J connectivity index is 1.37. The number of nitrogens with zero attached hydrogens (tertiary/aromatic N) is 5. The molecule has 2 unspecified atom stereocenters. The van der Waals surface area contributed by atoms with Gasteiger partial charge in [0.2, 0.25) is 0 Å². The Morgan fingerprint density at radius 1 is 0.986 bits per heavy atom. The molecule has 394 valence electrons. The zero-order chi connectivity index (χ0) is 51.4. The highest BCUT2D eigenvalue weighted by atomic mass is 19.4. The number of aliphatic hydroxyl groups is 5. The molecule has 0 radical (unpaired) electrons. The van der Waals surface area contributed by atoms with Crippen molar-refractivity contribution in [2.75, 3.05) is 40.9 Å². The average Bonchev–Trinajstić information content (AvgIpc) is 3.74. The first-order valence-electron chi connectivity index (χ1n) is 24.8. The summed E-state index contributed by atoms with van der Waals surface area (Å²) in [4.78, 5) is 18.5. The first kappa shape index (κ1) is 57.1. The smallest absolute Gasteiger partial charge is 0.416 e. The zero-order valence-electron chi connectivity index (χ0n) is 42.8. The van der Waals surface area contributed by atoms with Crippen LogP contribution in [0.2, 0.25) is 0 Å². The maximum atomic E-state index is 14.5. The number of carbonyl (C=O) groups is 1. The summed E-state index contributed by atoms with van der Waals surface area (Å²) in [5, 5.41) is 68.2. The van der Waals surface area contributed by atoms with Crippen LogP contribution in [0.25, 0.3) is 0 Å². The molecule has 16 nitrogen and oxygen atoms in total. The van der Waals surface area contributed by atoms with Gasteiger partial charge in [-0.1, -0.05) is 45.0 Å². The maximum Gasteiger partial charge on any atom is 0.416 e. The van der Waals surface area contributed by atoms with E-state index in [1.807, 2.05) is 39.0 Å². The summed E-state index contributed by atoms with van der Waals surface area (Å²) >= 11 is 0. The van der Waals surface area contributed by atoms with Crippen LogP contribution in [0.3, 0.4) is 0 Å². The van der Waals surface area contributed by atoms with Crippen molar-refractivity contribution in [1.82, 2.24) is 24.8 Å². The number of ether oxygens (including phenoxy) is 5. The van der Waals surface area contributed by atoms with E-state index in [4.69, 9.17) is 23.7 Å². The fourth-order valence-corrected chi connectivity index (χ4v) is 11.3. The lowest BCUT2D eigenvalue weighted by atomic mass is 9.68. The summed E-state index contributed by atoms with van der Waals surface area (Å²) in [6.07, 6.45) is -7.88. The number of carbonyl (C=O) groups excluding carboxylic acids is 1. The number of alkyl halides is 3. The van der Waals surface area contributed by atoms with Crippen molar-refractivity contribution in [3.05, 3.63) is 47.3 Å². The molecule has 3 aliphatic rings. The van der Waals surface area contributed by atoms with Crippen molar-refractivity contribution < 1.29 is 67.2 Å². The van der Waals surface area contributed by atoms with E-state index in [-0.39, 0.29) is 37.8 Å². The number of halogens is 3. The second-order valence-electron chi connectivity index (χ2n) is 21.3. The van der Waals surface area contributed by atoms with Gasteiger partial charge in [0.25, 0.3) is 0 Å². The van der Waals surface area contributed by atoms with Crippen molar-refractivity contribution >= 4 is 5.97 Å². The molecule has 0 saturated carbocycles. The number of aromatic nitrogens is 3. The molecule has 5 N–H and O–H groups in total. The van der Waals surface area contributed by atoms with E-state index in [9.17, 15) is 43.5 Å². The molecule has 0 aliphatic carbocycles. The fraction of sp³-hybridized carbons (Fsp3) is 0.820. The Hall–Kier alpha value is -2.82. The maximum absolute atomic E-state index is 14.5. The zero-order valence-corrected chi connectivity index (χ0v) is 42.8. The van der Waals surface area contributed by atoms with E-state index in [1.165, 1.54) is 26.2 Å². The third kappa shape index (κ3) is 13.6. The van der Waals surface area contributed by atoms with Crippen molar-refractivity contribution in [2.24, 2.45) is 23.7 Å². The number of aryl methyl sites for hydroxylation is 3. The second-order valence-corrected chi connectivity index (χ2v) is 21.3. The predicted octanol–water partition coefficient (Wildman–Crippen LogP) is 4.64. The van der Waals surface area contributed by atoms with Crippen LogP contribution >= 0.6 is 0 Å². The molecule has 4 heterocycles. The minimum absolute atomic E-state index is 0.178. The molecule has 1 aromatic carbocycles. The Labute approximate surface area is 406 Å². The van der Waals surface area contributed by atoms with Crippen LogP contribution in [0.5, 0.6) is 0 Å². The summed E-state index contributed by atoms with van der Waals surface area (Å²) in [6, 6.07) is 4.14. The van der Waals surface area contributed by atoms with Gasteiger partial charge in [-0.2, -0.15) is 13.2 Å². The van der Waals surface area contributed by atoms with Crippen LogP contribution in [0.4, 0.5) is 13.2 Å². The van der Waals surface area contributed by atoms with Crippen LogP contribution in [0.1, 0.15) is 111 Å². The minimum Gasteiger partial charge on any atom is -0.459 e. The quantitative estimate of drug-likeness (QED) is 0.174. The molecule has 0 bridgehead atoms. The van der Waals surface area contributed by atoms with Crippen molar-refractivity contribution in [3.8, 4) is 0 Å². The summed E-state index contributed by atoms with van der Waals surface area (Å²) in [7, 11) is 5.27. The predicted molar refractivity (Wildman–Crippen MR) is 251 cm³/mol. The van der Waals surface area contributed by atoms with Crippen molar-refractivity contribution in [2.45, 2.75) is 198 Å². The molecule has 5 rings (SSSR count). The van der Waals surface area contributed by atoms with Gasteiger partial charge in [-0.3, -0.25) is 9.48 Å². The Bertz CT molecular complexity index is 1920. The highest BCUT2D eigenvalue weighted by Gasteiger charge is 2.55. The van der Waals surface area contributed by atoms with E-state index in [0.29, 0.717) is 45.3 Å². The number of rotatable bonds is 13. The highest BCUT2D eigenvalue weighted by Crippen LogP contribution is 2.45. The van der Waals surface area contributed by atoms with Crippen LogP contribution in [0.15, 0.2) is 30.5 Å². The standard InChI is InChI=1S/C50H82F3N5O11/c1-13-39-49(9,64)42(60)32(5)57(11)27-29(2)25-47(7,63)44(30(3)40(31(4)45(62)68-39)38-26-48(8,65-12)43(61)33(6)67-38)69-46-41(59)37(21-24-66-46)56(10)22-14-15-36-28-58(55-54-36)23-20-34-16-18-35(19-17-34)50(51,52)53/h16-19,28-33,37-44,46,59-61,63-64H,13-15,20-27H2,1-12H3/t29-,30+,31-,32-,33+,37+,38?,39-,40?,41-,42-,43+,44-,46+,47-,48-,49-/m1/s1. The number of esters is 1. The Kier molecular flexibility index (Phi) is 19.3. The largest absolute Gasteiger partial charge is 0.459 e. The van der Waals surface area contributed by atoms with Gasteiger partial charge in [0.1, 0.15) is 30.0 Å². The molecule has 69 heavy (non-hydrogen) atoms. The van der Waals surface area contributed by atoms with E-state index < -0.39 is 107 Å². The first-order valence-corrected chi connectivity index (χ1v) is 24.8. The van der Waals surface area contributed by atoms with Gasteiger partial charge in [0.15, 0.2) is 6.29 Å². The van der Waals surface area contributed by atoms with Gasteiger partial charge in [-0.15, -0.1) is 5.10 Å². The lowest BCUT2D eigenvalue weighted by Gasteiger charge is -2.51. The highest BCUT2D eigenvalue weighted by molar-refractivity contribution is 5.73. The molecule has 2 aromatic rings. The average molecular weight is 986 g/mol. The van der Waals surface area contributed by atoms with E-state index in [1.54, 1.807) is 46.2 Å². The summed E-state index contributed by atoms with van der Waals surface area (Å²) in [6.45, 7) is 17.6. The molecule has 0 amide bonds. The SMILES string of the molecule is CC[C@H]1OC(=O)[C@H](C)C(C2C[C@@](C)(OC)[C@@H](O)[C@H](C)O2)[C@H](C)[C@@H](O[C@@H]2OCC[C@H](N(C)CCCc3cn(CCc4ccc(C(F)(F)F)cc4)nn3)[C@H]2O)[C@](C)(O)C[C@@H](C)CN(C)[C@H](C)[C@@H](O)[C@]1(C)O. The molecular formula is C50H82F3N5O11. The first-order chi connectivity index (χ1) is 32.1. The van der Waals surface area contributed by atoms with Gasteiger partial charge < -0.3 is 59.0 Å². The Morgan fingerprint density at radius 3 is 2.28 bits per heavy atom. The number of hydrogen-bond acceptors (Lipinski definition) is 15. The third-order valence-corrected chi connectivity index (χ3v) is 15.7. The van der Waals surface area contributed by atoms with Crippen LogP contribution < -0.4 is 0 Å². The lowest BCUT2D eigenvalue weighted by molar-refractivity contribution is -0.290. The molecular weight excluding hydrogens is 904 g/mol. The summed E-state index contributed by atoms with van der Waals surface area (Å²) in [5.41, 5.74) is -3.65. The third-order valence-electron chi connectivity index (χ3n) is 15.7. The summed E-state index contributed by atoms with van der Waals surface area (Å²) < 4.78 is 72.4. The fourth-order valence-electron chi connectivity index (χ4n) is 11.3. The number of cyclic esters (lactones) is 1. The van der Waals surface area contributed by atoms with Crippen molar-refractivity contribution in [1.29, 1.82) is 0 Å². The minimum atomic E-state index is -4.39. The van der Waals surface area contributed by atoms with E-state index in [2.05, 4.69) is 15.2 Å². The van der Waals surface area contributed by atoms with E-state index in [0.717, 1.165) is 23.4 Å². The molecule has 19 heteroatoms.